The van der Waals surface area contributed by atoms with Crippen LogP contribution in [0.15, 0.2) is 24.3 Å². The van der Waals surface area contributed by atoms with Gasteiger partial charge in [0, 0.05) is 19.5 Å². The van der Waals surface area contributed by atoms with Crippen LogP contribution >= 0.6 is 0 Å². The van der Waals surface area contributed by atoms with Crippen molar-refractivity contribution in [3.63, 3.8) is 0 Å². The summed E-state index contributed by atoms with van der Waals surface area (Å²) in [5, 5.41) is 29.8. The van der Waals surface area contributed by atoms with E-state index in [4.69, 9.17) is 10.2 Å². The van der Waals surface area contributed by atoms with Crippen molar-refractivity contribution in [1.29, 1.82) is 0 Å². The van der Waals surface area contributed by atoms with Crippen molar-refractivity contribution in [2.75, 3.05) is 19.6 Å². The first-order valence-electron chi connectivity index (χ1n) is 9.37. The number of nitrogens with one attached hydrogen (secondary N) is 1. The maximum absolute atomic E-state index is 12.0. The van der Waals surface area contributed by atoms with Gasteiger partial charge in [0.25, 0.3) is 0 Å². The first kappa shape index (κ1) is 21.7. The Hall–Kier alpha value is -2.61. The minimum absolute atomic E-state index is 0.0760. The number of rotatable bonds is 8. The number of benzene rings is 1. The Bertz CT molecular complexity index is 737. The summed E-state index contributed by atoms with van der Waals surface area (Å²) in [6, 6.07) is 5.90. The van der Waals surface area contributed by atoms with Crippen LogP contribution in [0.4, 0.5) is 0 Å². The lowest BCUT2D eigenvalue weighted by Gasteiger charge is -2.45. The molecule has 1 saturated heterocycles. The molecule has 1 amide bonds. The average Bonchev–Trinajstić information content (AvgIpc) is 2.61. The number of amides is 1. The quantitative estimate of drug-likeness (QED) is 0.527. The zero-order chi connectivity index (χ0) is 20.9. The number of carboxylic acid groups (broad SMARTS) is 2. The van der Waals surface area contributed by atoms with Crippen LogP contribution in [0.25, 0.3) is 0 Å². The standard InChI is InChI=1S/C20H28N2O6/c1-13-12-22(8-6-17(24)21-16(19(27)28)11-18(25)26)9-7-20(13,2)14-4-3-5-15(23)10-14/h3-5,10,13,16,23H,6-9,11-12H2,1-2H3,(H,21,24)(H,25,26)(H,27,28)/t13-,16-,20+/m0/s1. The lowest BCUT2D eigenvalue weighted by molar-refractivity contribution is -0.147. The second-order valence-corrected chi connectivity index (χ2v) is 7.73. The van der Waals surface area contributed by atoms with Gasteiger partial charge in [-0.25, -0.2) is 4.79 Å². The van der Waals surface area contributed by atoms with Gasteiger partial charge < -0.3 is 25.5 Å². The van der Waals surface area contributed by atoms with Crippen LogP contribution in [0.3, 0.4) is 0 Å². The topological polar surface area (TPSA) is 127 Å². The smallest absolute Gasteiger partial charge is 0.326 e. The van der Waals surface area contributed by atoms with Crippen LogP contribution in [-0.4, -0.2) is 63.7 Å². The molecule has 1 aromatic rings. The van der Waals surface area contributed by atoms with E-state index in [-0.39, 0.29) is 17.6 Å². The molecule has 0 spiro atoms. The molecule has 4 N–H and O–H groups in total. The summed E-state index contributed by atoms with van der Waals surface area (Å²) in [7, 11) is 0. The molecule has 1 aliphatic rings. The van der Waals surface area contributed by atoms with E-state index in [9.17, 15) is 19.5 Å². The van der Waals surface area contributed by atoms with Gasteiger partial charge >= 0.3 is 11.9 Å². The predicted octanol–water partition coefficient (Wildman–Crippen LogP) is 1.43. The van der Waals surface area contributed by atoms with Gasteiger partial charge in [-0.15, -0.1) is 0 Å². The number of piperidine rings is 1. The summed E-state index contributed by atoms with van der Waals surface area (Å²) in [6.45, 7) is 6.35. The van der Waals surface area contributed by atoms with Crippen molar-refractivity contribution in [2.45, 2.75) is 44.6 Å². The Morgan fingerprint density at radius 3 is 2.61 bits per heavy atom. The third-order valence-corrected chi connectivity index (χ3v) is 5.74. The summed E-state index contributed by atoms with van der Waals surface area (Å²) in [6.07, 6.45) is 0.332. The van der Waals surface area contributed by atoms with Crippen molar-refractivity contribution in [1.82, 2.24) is 10.2 Å². The fraction of sp³-hybridized carbons (Fsp3) is 0.550. The molecular weight excluding hydrogens is 364 g/mol. The van der Waals surface area contributed by atoms with E-state index in [0.29, 0.717) is 12.5 Å². The number of aromatic hydroxyl groups is 1. The van der Waals surface area contributed by atoms with E-state index in [1.807, 2.05) is 12.1 Å². The van der Waals surface area contributed by atoms with Gasteiger partial charge in [-0.2, -0.15) is 0 Å². The highest BCUT2D eigenvalue weighted by Crippen LogP contribution is 2.40. The lowest BCUT2D eigenvalue weighted by atomic mass is 9.68. The Morgan fingerprint density at radius 2 is 2.04 bits per heavy atom. The van der Waals surface area contributed by atoms with Gasteiger partial charge in [0.1, 0.15) is 11.8 Å². The van der Waals surface area contributed by atoms with Gasteiger partial charge in [-0.1, -0.05) is 26.0 Å². The second kappa shape index (κ2) is 9.05. The molecule has 1 heterocycles. The molecule has 1 fully saturated rings. The summed E-state index contributed by atoms with van der Waals surface area (Å²) in [4.78, 5) is 35.9. The SMILES string of the molecule is C[C@H]1CN(CCC(=O)N[C@@H](CC(=O)O)C(=O)O)CC[C@@]1(C)c1cccc(O)c1. The van der Waals surface area contributed by atoms with Gasteiger partial charge in [0.2, 0.25) is 5.91 Å². The van der Waals surface area contributed by atoms with Crippen molar-refractivity contribution < 1.29 is 29.7 Å². The maximum Gasteiger partial charge on any atom is 0.326 e. The molecular formula is C20H28N2O6. The van der Waals surface area contributed by atoms with Crippen LogP contribution in [0, 0.1) is 5.92 Å². The largest absolute Gasteiger partial charge is 0.508 e. The summed E-state index contributed by atoms with van der Waals surface area (Å²) < 4.78 is 0. The van der Waals surface area contributed by atoms with Gasteiger partial charge in [-0.3, -0.25) is 9.59 Å². The van der Waals surface area contributed by atoms with Crippen molar-refractivity contribution >= 4 is 17.8 Å². The highest BCUT2D eigenvalue weighted by Gasteiger charge is 2.38. The number of carboxylic acids is 2. The number of likely N-dealkylation sites (tertiary alicyclic amines) is 1. The zero-order valence-electron chi connectivity index (χ0n) is 16.2. The molecule has 0 aliphatic carbocycles. The van der Waals surface area contributed by atoms with E-state index < -0.39 is 30.3 Å². The highest BCUT2D eigenvalue weighted by atomic mass is 16.4. The van der Waals surface area contributed by atoms with Crippen LogP contribution in [0.1, 0.15) is 38.7 Å². The molecule has 1 aliphatic heterocycles. The normalized spacial score (nSPS) is 23.7. The fourth-order valence-corrected chi connectivity index (χ4v) is 3.71. The molecule has 8 nitrogen and oxygen atoms in total. The summed E-state index contributed by atoms with van der Waals surface area (Å²) in [5.41, 5.74) is 1.02. The third-order valence-electron chi connectivity index (χ3n) is 5.74. The zero-order valence-corrected chi connectivity index (χ0v) is 16.2. The van der Waals surface area contributed by atoms with E-state index in [1.54, 1.807) is 12.1 Å². The highest BCUT2D eigenvalue weighted by molar-refractivity contribution is 5.86. The van der Waals surface area contributed by atoms with E-state index in [0.717, 1.165) is 25.1 Å². The average molecular weight is 392 g/mol. The molecule has 1 aromatic carbocycles. The summed E-state index contributed by atoms with van der Waals surface area (Å²) >= 11 is 0. The second-order valence-electron chi connectivity index (χ2n) is 7.73. The van der Waals surface area contributed by atoms with Gasteiger partial charge in [0.05, 0.1) is 6.42 Å². The Labute approximate surface area is 164 Å². The maximum atomic E-state index is 12.0. The molecule has 8 heteroatoms. The molecule has 0 saturated carbocycles. The molecule has 0 bridgehead atoms. The van der Waals surface area contributed by atoms with Crippen LogP contribution in [0.2, 0.25) is 0 Å². The number of hydrogen-bond acceptors (Lipinski definition) is 5. The van der Waals surface area contributed by atoms with E-state index >= 15 is 0 Å². The third kappa shape index (κ3) is 5.45. The van der Waals surface area contributed by atoms with Crippen LogP contribution in [-0.2, 0) is 19.8 Å². The number of phenols is 1. The van der Waals surface area contributed by atoms with Gasteiger partial charge in [-0.05, 0) is 42.0 Å². The monoisotopic (exact) mass is 392 g/mol. The fourth-order valence-electron chi connectivity index (χ4n) is 3.71. The molecule has 0 aromatic heterocycles. The minimum Gasteiger partial charge on any atom is -0.508 e. The number of carbonyl (C=O) groups excluding carboxylic acids is 1. The number of phenolic OH excluding ortho intramolecular Hbond substituents is 1. The Kier molecular flexibility index (Phi) is 7.01. The molecule has 2 rings (SSSR count). The minimum atomic E-state index is -1.42. The van der Waals surface area contributed by atoms with Crippen LogP contribution in [0.5, 0.6) is 5.75 Å². The molecule has 154 valence electrons. The van der Waals surface area contributed by atoms with E-state index in [2.05, 4.69) is 24.1 Å². The Balaban J connectivity index is 1.88. The molecule has 3 atom stereocenters. The van der Waals surface area contributed by atoms with Gasteiger partial charge in [0.15, 0.2) is 0 Å². The Morgan fingerprint density at radius 1 is 1.32 bits per heavy atom. The number of aliphatic carboxylic acids is 2. The number of carbonyl (C=O) groups is 3. The molecule has 28 heavy (non-hydrogen) atoms. The van der Waals surface area contributed by atoms with E-state index in [1.165, 1.54) is 0 Å². The summed E-state index contributed by atoms with van der Waals surface area (Å²) in [5.74, 6) is -2.56. The molecule has 0 radical (unpaired) electrons. The lowest BCUT2D eigenvalue weighted by Crippen LogP contribution is -2.48. The van der Waals surface area contributed by atoms with Crippen molar-refractivity contribution in [2.24, 2.45) is 5.92 Å². The first-order chi connectivity index (χ1) is 13.1. The molecule has 0 unspecified atom stereocenters. The van der Waals surface area contributed by atoms with Crippen molar-refractivity contribution in [3.05, 3.63) is 29.8 Å². The first-order valence-corrected chi connectivity index (χ1v) is 9.37. The van der Waals surface area contributed by atoms with Crippen molar-refractivity contribution in [3.8, 4) is 5.75 Å². The van der Waals surface area contributed by atoms with Crippen LogP contribution < -0.4 is 5.32 Å². The predicted molar refractivity (Wildman–Crippen MR) is 102 cm³/mol. The number of hydrogen-bond donors (Lipinski definition) is 4. The number of nitrogens with zero attached hydrogens (tertiary/aromatic N) is 1.